The number of hydrogen-bond acceptors (Lipinski definition) is 3. The van der Waals surface area contributed by atoms with E-state index in [2.05, 4.69) is 31.2 Å². The molecule has 1 N–H and O–H groups in total. The van der Waals surface area contributed by atoms with Gasteiger partial charge in [0.1, 0.15) is 0 Å². The maximum absolute atomic E-state index is 5.54. The Morgan fingerprint density at radius 3 is 2.40 bits per heavy atom. The third-order valence-electron chi connectivity index (χ3n) is 2.21. The summed E-state index contributed by atoms with van der Waals surface area (Å²) in [6.07, 6.45) is 4.77. The maximum Gasteiger partial charge on any atom is 0.0478 e. The Labute approximate surface area is 95.2 Å². The minimum atomic E-state index is 0.903. The third kappa shape index (κ3) is 13.9. The predicted octanol–water partition coefficient (Wildman–Crippen LogP) is 1.73. The van der Waals surface area contributed by atoms with Gasteiger partial charge in [0.25, 0.3) is 0 Å². The smallest absolute Gasteiger partial charge is 0.0478 e. The van der Waals surface area contributed by atoms with Crippen molar-refractivity contribution < 1.29 is 4.74 Å². The summed E-state index contributed by atoms with van der Waals surface area (Å²) in [5.41, 5.74) is 0. The number of ether oxygens (including phenoxy) is 1. The van der Waals surface area contributed by atoms with Gasteiger partial charge in [-0.05, 0) is 59.4 Å². The topological polar surface area (TPSA) is 24.5 Å². The first-order valence-corrected chi connectivity index (χ1v) is 6.20. The van der Waals surface area contributed by atoms with Gasteiger partial charge in [-0.25, -0.2) is 0 Å². The zero-order chi connectivity index (χ0) is 11.4. The fourth-order valence-corrected chi connectivity index (χ4v) is 1.34. The van der Waals surface area contributed by atoms with Crippen LogP contribution in [0.25, 0.3) is 0 Å². The van der Waals surface area contributed by atoms with Gasteiger partial charge in [0.2, 0.25) is 0 Å². The molecule has 0 aromatic carbocycles. The summed E-state index contributed by atoms with van der Waals surface area (Å²) >= 11 is 0. The summed E-state index contributed by atoms with van der Waals surface area (Å²) in [5, 5.41) is 3.39. The molecule has 0 rings (SSSR count). The average Bonchev–Trinajstić information content (AvgIpc) is 2.20. The molecule has 0 saturated heterocycles. The Morgan fingerprint density at radius 2 is 1.73 bits per heavy atom. The predicted molar refractivity (Wildman–Crippen MR) is 66.4 cm³/mol. The summed E-state index contributed by atoms with van der Waals surface area (Å²) in [6, 6.07) is 0. The Bertz CT molecular complexity index is 118. The van der Waals surface area contributed by atoms with Crippen molar-refractivity contribution in [2.75, 3.05) is 46.9 Å². The van der Waals surface area contributed by atoms with Gasteiger partial charge in [0, 0.05) is 13.2 Å². The Morgan fingerprint density at radius 1 is 1.00 bits per heavy atom. The molecule has 0 amide bonds. The number of hydrogen-bond donors (Lipinski definition) is 1. The molecule has 0 aromatic rings. The summed E-state index contributed by atoms with van der Waals surface area (Å²) in [5.74, 6) is 0. The van der Waals surface area contributed by atoms with E-state index in [1.165, 1.54) is 19.3 Å². The molecular formula is C12H28N2O. The fourth-order valence-electron chi connectivity index (χ4n) is 1.34. The van der Waals surface area contributed by atoms with Crippen molar-refractivity contribution in [1.82, 2.24) is 10.2 Å². The highest BCUT2D eigenvalue weighted by Gasteiger charge is 1.92. The lowest BCUT2D eigenvalue weighted by Gasteiger charge is -2.09. The van der Waals surface area contributed by atoms with Crippen LogP contribution in [0.4, 0.5) is 0 Å². The second-order valence-corrected chi connectivity index (χ2v) is 4.23. The van der Waals surface area contributed by atoms with E-state index >= 15 is 0 Å². The van der Waals surface area contributed by atoms with E-state index in [4.69, 9.17) is 4.74 Å². The number of rotatable bonds is 11. The van der Waals surface area contributed by atoms with Crippen LogP contribution in [-0.2, 0) is 4.74 Å². The Balaban J connectivity index is 2.87. The summed E-state index contributed by atoms with van der Waals surface area (Å²) < 4.78 is 5.54. The number of nitrogens with one attached hydrogen (secondary N) is 1. The molecule has 0 spiro atoms. The molecule has 0 aliphatic heterocycles. The molecule has 3 nitrogen and oxygen atoms in total. The zero-order valence-corrected chi connectivity index (χ0v) is 10.7. The van der Waals surface area contributed by atoms with Crippen LogP contribution in [0.5, 0.6) is 0 Å². The van der Waals surface area contributed by atoms with Crippen molar-refractivity contribution >= 4 is 0 Å². The van der Waals surface area contributed by atoms with Gasteiger partial charge in [-0.3, -0.25) is 0 Å². The molecule has 0 heterocycles. The molecule has 15 heavy (non-hydrogen) atoms. The molecule has 0 bridgehead atoms. The molecule has 0 radical (unpaired) electrons. The number of nitrogens with zero attached hydrogens (tertiary/aromatic N) is 1. The lowest BCUT2D eigenvalue weighted by molar-refractivity contribution is 0.122. The average molecular weight is 216 g/mol. The SMILES string of the molecule is CCCNCCCCOCCCN(C)C. The molecule has 92 valence electrons. The van der Waals surface area contributed by atoms with Gasteiger partial charge >= 0.3 is 0 Å². The number of unbranched alkanes of at least 4 members (excludes halogenated alkanes) is 1. The monoisotopic (exact) mass is 216 g/mol. The van der Waals surface area contributed by atoms with E-state index in [0.717, 1.165) is 39.3 Å². The first-order chi connectivity index (χ1) is 7.27. The Kier molecular flexibility index (Phi) is 11.9. The van der Waals surface area contributed by atoms with Gasteiger partial charge < -0.3 is 15.0 Å². The van der Waals surface area contributed by atoms with Crippen LogP contribution >= 0.6 is 0 Å². The molecular weight excluding hydrogens is 188 g/mol. The summed E-state index contributed by atoms with van der Waals surface area (Å²) in [6.45, 7) is 7.42. The second-order valence-electron chi connectivity index (χ2n) is 4.23. The van der Waals surface area contributed by atoms with Crippen LogP contribution in [0.15, 0.2) is 0 Å². The van der Waals surface area contributed by atoms with Crippen molar-refractivity contribution in [3.05, 3.63) is 0 Å². The standard InChI is InChI=1S/C12H28N2O/c1-4-8-13-9-5-6-11-15-12-7-10-14(2)3/h13H,4-12H2,1-3H3. The molecule has 0 aromatic heterocycles. The van der Waals surface area contributed by atoms with Gasteiger partial charge in [-0.2, -0.15) is 0 Å². The lowest BCUT2D eigenvalue weighted by atomic mass is 10.3. The lowest BCUT2D eigenvalue weighted by Crippen LogP contribution is -2.17. The third-order valence-corrected chi connectivity index (χ3v) is 2.21. The summed E-state index contributed by atoms with van der Waals surface area (Å²) in [4.78, 5) is 2.19. The Hall–Kier alpha value is -0.120. The molecule has 0 unspecified atom stereocenters. The largest absolute Gasteiger partial charge is 0.381 e. The van der Waals surface area contributed by atoms with Gasteiger partial charge in [0.05, 0.1) is 0 Å². The van der Waals surface area contributed by atoms with Gasteiger partial charge in [-0.1, -0.05) is 6.92 Å². The maximum atomic E-state index is 5.54. The minimum Gasteiger partial charge on any atom is -0.381 e. The van der Waals surface area contributed by atoms with Crippen molar-refractivity contribution in [3.63, 3.8) is 0 Å². The van der Waals surface area contributed by atoms with Crippen LogP contribution in [-0.4, -0.2) is 51.8 Å². The highest BCUT2D eigenvalue weighted by atomic mass is 16.5. The highest BCUT2D eigenvalue weighted by Crippen LogP contribution is 1.91. The summed E-state index contributed by atoms with van der Waals surface area (Å²) in [7, 11) is 4.19. The molecule has 0 fully saturated rings. The van der Waals surface area contributed by atoms with Crippen molar-refractivity contribution in [2.45, 2.75) is 32.6 Å². The van der Waals surface area contributed by atoms with Crippen LogP contribution in [0, 0.1) is 0 Å². The van der Waals surface area contributed by atoms with E-state index in [1.54, 1.807) is 0 Å². The van der Waals surface area contributed by atoms with Gasteiger partial charge in [0.15, 0.2) is 0 Å². The first-order valence-electron chi connectivity index (χ1n) is 6.20. The first kappa shape index (κ1) is 14.9. The van der Waals surface area contributed by atoms with E-state index in [9.17, 15) is 0 Å². The van der Waals surface area contributed by atoms with Crippen LogP contribution in [0.2, 0.25) is 0 Å². The van der Waals surface area contributed by atoms with Crippen molar-refractivity contribution in [1.29, 1.82) is 0 Å². The fraction of sp³-hybridized carbons (Fsp3) is 1.00. The molecule has 0 saturated carbocycles. The molecule has 0 aliphatic carbocycles. The quantitative estimate of drug-likeness (QED) is 0.532. The van der Waals surface area contributed by atoms with E-state index < -0.39 is 0 Å². The van der Waals surface area contributed by atoms with E-state index in [1.807, 2.05) is 0 Å². The molecule has 0 atom stereocenters. The van der Waals surface area contributed by atoms with Crippen molar-refractivity contribution in [2.24, 2.45) is 0 Å². The second kappa shape index (κ2) is 12.0. The zero-order valence-electron chi connectivity index (χ0n) is 10.7. The van der Waals surface area contributed by atoms with Crippen molar-refractivity contribution in [3.8, 4) is 0 Å². The molecule has 3 heteroatoms. The van der Waals surface area contributed by atoms with Crippen LogP contribution in [0.3, 0.4) is 0 Å². The van der Waals surface area contributed by atoms with E-state index in [-0.39, 0.29) is 0 Å². The highest BCUT2D eigenvalue weighted by molar-refractivity contribution is 4.47. The van der Waals surface area contributed by atoms with Gasteiger partial charge in [-0.15, -0.1) is 0 Å². The van der Waals surface area contributed by atoms with E-state index in [0.29, 0.717) is 0 Å². The molecule has 0 aliphatic rings. The van der Waals surface area contributed by atoms with Crippen LogP contribution < -0.4 is 5.32 Å². The van der Waals surface area contributed by atoms with Crippen LogP contribution in [0.1, 0.15) is 32.6 Å². The minimum absolute atomic E-state index is 0.903. The normalized spacial score (nSPS) is 11.2.